The van der Waals surface area contributed by atoms with E-state index in [0.717, 1.165) is 28.0 Å². The summed E-state index contributed by atoms with van der Waals surface area (Å²) < 4.78 is 12.2. The van der Waals surface area contributed by atoms with Crippen molar-refractivity contribution in [1.29, 1.82) is 0 Å². The normalized spacial score (nSPS) is 12.2. The van der Waals surface area contributed by atoms with Crippen LogP contribution in [0.5, 0.6) is 11.5 Å². The van der Waals surface area contributed by atoms with Crippen LogP contribution in [0, 0.1) is 0 Å². The molecule has 108 valence electrons. The van der Waals surface area contributed by atoms with Gasteiger partial charge in [0, 0.05) is 10.9 Å². The molecule has 0 saturated heterocycles. The van der Waals surface area contributed by atoms with Gasteiger partial charge in [-0.05, 0) is 58.4 Å². The molecule has 2 aromatic rings. The third-order valence-electron chi connectivity index (χ3n) is 2.79. The minimum atomic E-state index is 0.115. The molecule has 1 heterocycles. The van der Waals surface area contributed by atoms with Gasteiger partial charge in [-0.3, -0.25) is 0 Å². The number of nitrogens with two attached hydrogens (primary N) is 1. The molecular weight excluding hydrogens is 338 g/mol. The van der Waals surface area contributed by atoms with E-state index in [0.29, 0.717) is 6.61 Å². The van der Waals surface area contributed by atoms with Crippen LogP contribution in [0.15, 0.2) is 34.1 Å². The van der Waals surface area contributed by atoms with E-state index in [1.165, 1.54) is 4.88 Å². The number of halogens is 1. The number of hydrogen-bond donors (Lipinski definition) is 1. The fourth-order valence-corrected chi connectivity index (χ4v) is 3.16. The summed E-state index contributed by atoms with van der Waals surface area (Å²) in [5.41, 5.74) is 6.97. The van der Waals surface area contributed by atoms with E-state index in [4.69, 9.17) is 15.2 Å². The maximum atomic E-state index is 5.87. The van der Waals surface area contributed by atoms with Crippen LogP contribution in [0.2, 0.25) is 0 Å². The van der Waals surface area contributed by atoms with E-state index < -0.39 is 0 Å². The van der Waals surface area contributed by atoms with Gasteiger partial charge in [0.1, 0.15) is 6.61 Å². The maximum absolute atomic E-state index is 5.87. The smallest absolute Gasteiger partial charge is 0.175 e. The number of methoxy groups -OCH3 is 1. The lowest BCUT2D eigenvalue weighted by atomic mass is 10.1. The average molecular weight is 356 g/mol. The van der Waals surface area contributed by atoms with Crippen molar-refractivity contribution in [2.24, 2.45) is 5.73 Å². The summed E-state index contributed by atoms with van der Waals surface area (Å²) in [6, 6.07) is 8.20. The molecule has 1 aromatic carbocycles. The summed E-state index contributed by atoms with van der Waals surface area (Å²) >= 11 is 5.23. The van der Waals surface area contributed by atoms with Gasteiger partial charge in [0.15, 0.2) is 11.5 Å². The van der Waals surface area contributed by atoms with Gasteiger partial charge in [0.25, 0.3) is 0 Å². The van der Waals surface area contributed by atoms with Crippen LogP contribution in [-0.2, 0) is 13.0 Å². The first kappa shape index (κ1) is 15.4. The van der Waals surface area contributed by atoms with Crippen LogP contribution >= 0.6 is 27.3 Å². The van der Waals surface area contributed by atoms with Gasteiger partial charge in [-0.15, -0.1) is 11.3 Å². The van der Waals surface area contributed by atoms with Gasteiger partial charge in [-0.1, -0.05) is 6.07 Å². The zero-order valence-corrected chi connectivity index (χ0v) is 14.0. The summed E-state index contributed by atoms with van der Waals surface area (Å²) in [6.45, 7) is 2.53. The Morgan fingerprint density at radius 1 is 1.40 bits per heavy atom. The van der Waals surface area contributed by atoms with Crippen molar-refractivity contribution in [1.82, 2.24) is 0 Å². The molecule has 2 N–H and O–H groups in total. The van der Waals surface area contributed by atoms with Crippen molar-refractivity contribution in [3.63, 3.8) is 0 Å². The fraction of sp³-hybridized carbons (Fsp3) is 0.333. The van der Waals surface area contributed by atoms with E-state index in [-0.39, 0.29) is 6.04 Å². The summed E-state index contributed by atoms with van der Waals surface area (Å²) in [6.07, 6.45) is 0.806. The minimum absolute atomic E-state index is 0.115. The Labute approximate surface area is 131 Å². The van der Waals surface area contributed by atoms with Gasteiger partial charge in [-0.25, -0.2) is 0 Å². The highest BCUT2D eigenvalue weighted by Crippen LogP contribution is 2.37. The molecule has 20 heavy (non-hydrogen) atoms. The van der Waals surface area contributed by atoms with Crippen molar-refractivity contribution in [2.45, 2.75) is 26.0 Å². The van der Waals surface area contributed by atoms with Gasteiger partial charge < -0.3 is 15.2 Å². The SMILES string of the molecule is COc1cc(CC(C)N)cc(Br)c1OCc1cccs1. The van der Waals surface area contributed by atoms with E-state index in [2.05, 4.69) is 22.0 Å². The van der Waals surface area contributed by atoms with Crippen LogP contribution in [0.3, 0.4) is 0 Å². The lowest BCUT2D eigenvalue weighted by molar-refractivity contribution is 0.285. The third-order valence-corrected chi connectivity index (χ3v) is 4.22. The first-order chi connectivity index (χ1) is 9.60. The number of rotatable bonds is 6. The molecule has 0 fully saturated rings. The van der Waals surface area contributed by atoms with Crippen molar-refractivity contribution in [2.75, 3.05) is 7.11 Å². The molecule has 0 amide bonds. The van der Waals surface area contributed by atoms with Crippen molar-refractivity contribution >= 4 is 27.3 Å². The summed E-state index contributed by atoms with van der Waals surface area (Å²) in [4.78, 5) is 1.18. The van der Waals surface area contributed by atoms with E-state index in [1.54, 1.807) is 18.4 Å². The highest BCUT2D eigenvalue weighted by Gasteiger charge is 2.13. The molecule has 2 rings (SSSR count). The lowest BCUT2D eigenvalue weighted by Gasteiger charge is -2.15. The van der Waals surface area contributed by atoms with Crippen molar-refractivity contribution in [3.05, 3.63) is 44.6 Å². The molecule has 0 aliphatic carbocycles. The Morgan fingerprint density at radius 2 is 2.20 bits per heavy atom. The summed E-state index contributed by atoms with van der Waals surface area (Å²) in [5.74, 6) is 1.46. The number of hydrogen-bond acceptors (Lipinski definition) is 4. The highest BCUT2D eigenvalue weighted by molar-refractivity contribution is 9.10. The predicted molar refractivity (Wildman–Crippen MR) is 86.7 cm³/mol. The topological polar surface area (TPSA) is 44.5 Å². The van der Waals surface area contributed by atoms with Crippen LogP contribution in [0.4, 0.5) is 0 Å². The molecule has 0 aliphatic heterocycles. The van der Waals surface area contributed by atoms with Gasteiger partial charge >= 0.3 is 0 Å². The van der Waals surface area contributed by atoms with Crippen LogP contribution in [0.25, 0.3) is 0 Å². The second-order valence-corrected chi connectivity index (χ2v) is 6.55. The Morgan fingerprint density at radius 3 is 2.80 bits per heavy atom. The van der Waals surface area contributed by atoms with Gasteiger partial charge in [-0.2, -0.15) is 0 Å². The largest absolute Gasteiger partial charge is 0.493 e. The van der Waals surface area contributed by atoms with Crippen LogP contribution in [-0.4, -0.2) is 13.2 Å². The lowest BCUT2D eigenvalue weighted by Crippen LogP contribution is -2.17. The molecule has 1 aromatic heterocycles. The Bertz CT molecular complexity index is 555. The number of benzene rings is 1. The van der Waals surface area contributed by atoms with Gasteiger partial charge in [0.2, 0.25) is 0 Å². The first-order valence-corrected chi connectivity index (χ1v) is 8.04. The van der Waals surface area contributed by atoms with Gasteiger partial charge in [0.05, 0.1) is 11.6 Å². The van der Waals surface area contributed by atoms with Crippen LogP contribution in [0.1, 0.15) is 17.4 Å². The monoisotopic (exact) mass is 355 g/mol. The Hall–Kier alpha value is -1.04. The zero-order valence-electron chi connectivity index (χ0n) is 11.6. The van der Waals surface area contributed by atoms with Crippen LogP contribution < -0.4 is 15.2 Å². The number of ether oxygens (including phenoxy) is 2. The molecule has 0 aliphatic rings. The summed E-state index contributed by atoms with van der Waals surface area (Å²) in [5, 5.41) is 2.04. The highest BCUT2D eigenvalue weighted by atomic mass is 79.9. The van der Waals surface area contributed by atoms with E-state index >= 15 is 0 Å². The molecule has 1 unspecified atom stereocenters. The second kappa shape index (κ2) is 7.11. The molecule has 0 radical (unpaired) electrons. The molecule has 0 spiro atoms. The number of thiophene rings is 1. The van der Waals surface area contributed by atoms with E-state index in [9.17, 15) is 0 Å². The standard InChI is InChI=1S/C15H18BrNO2S/c1-10(17)6-11-7-13(16)15(14(8-11)18-2)19-9-12-4-3-5-20-12/h3-5,7-8,10H,6,9,17H2,1-2H3. The summed E-state index contributed by atoms with van der Waals surface area (Å²) in [7, 11) is 1.65. The van der Waals surface area contributed by atoms with Crippen molar-refractivity contribution in [3.8, 4) is 11.5 Å². The molecule has 5 heteroatoms. The first-order valence-electron chi connectivity index (χ1n) is 6.37. The average Bonchev–Trinajstić information content (AvgIpc) is 2.89. The quantitative estimate of drug-likeness (QED) is 0.851. The van der Waals surface area contributed by atoms with E-state index in [1.807, 2.05) is 30.5 Å². The fourth-order valence-electron chi connectivity index (χ4n) is 1.94. The Kier molecular flexibility index (Phi) is 5.46. The molecule has 0 saturated carbocycles. The Balaban J connectivity index is 2.18. The predicted octanol–water partition coefficient (Wildman–Crippen LogP) is 3.99. The third kappa shape index (κ3) is 3.98. The molecular formula is C15H18BrNO2S. The minimum Gasteiger partial charge on any atom is -0.493 e. The molecule has 3 nitrogen and oxygen atoms in total. The zero-order chi connectivity index (χ0) is 14.5. The second-order valence-electron chi connectivity index (χ2n) is 4.66. The molecule has 0 bridgehead atoms. The van der Waals surface area contributed by atoms with Crippen molar-refractivity contribution < 1.29 is 9.47 Å². The molecule has 1 atom stereocenters. The maximum Gasteiger partial charge on any atom is 0.175 e.